The topological polar surface area (TPSA) is 9.23 Å². The highest BCUT2D eigenvalue weighted by Gasteiger charge is 2.30. The van der Waals surface area contributed by atoms with E-state index < -0.39 is 8.32 Å². The lowest BCUT2D eigenvalue weighted by Crippen LogP contribution is -2.37. The van der Waals surface area contributed by atoms with Crippen molar-refractivity contribution in [2.24, 2.45) is 0 Å². The maximum absolute atomic E-state index is 5.47. The Bertz CT molecular complexity index is 225. The number of rotatable bonds is 3. The average Bonchev–Trinajstić information content (AvgIpc) is 2.14. The smallest absolute Gasteiger partial charge is 0.385 e. The molecule has 0 bridgehead atoms. The summed E-state index contributed by atoms with van der Waals surface area (Å²) in [5.41, 5.74) is 7.27. The fourth-order valence-electron chi connectivity index (χ4n) is 0.612. The van der Waals surface area contributed by atoms with E-state index in [0.29, 0.717) is 0 Å². The number of terminal acetylenes is 3. The quantitative estimate of drug-likeness (QED) is 0.465. The molecule has 0 rings (SSSR count). The van der Waals surface area contributed by atoms with Gasteiger partial charge in [0.1, 0.15) is 0 Å². The van der Waals surface area contributed by atoms with Crippen molar-refractivity contribution in [3.8, 4) is 35.9 Å². The SMILES string of the molecule is C#C[Si](C#C)(C#C)OC(C)CC. The molecule has 0 saturated carbocycles. The van der Waals surface area contributed by atoms with Gasteiger partial charge in [-0.1, -0.05) is 23.6 Å². The van der Waals surface area contributed by atoms with Crippen molar-refractivity contribution in [1.29, 1.82) is 0 Å². The first kappa shape index (κ1) is 10.9. The first-order chi connectivity index (χ1) is 5.64. The van der Waals surface area contributed by atoms with E-state index >= 15 is 0 Å². The highest BCUT2D eigenvalue weighted by atomic mass is 28.4. The summed E-state index contributed by atoms with van der Waals surface area (Å²) in [5.74, 6) is 0. The monoisotopic (exact) mass is 176 g/mol. The van der Waals surface area contributed by atoms with Crippen molar-refractivity contribution in [2.75, 3.05) is 0 Å². The van der Waals surface area contributed by atoms with Crippen LogP contribution >= 0.6 is 0 Å². The Morgan fingerprint density at radius 3 is 1.92 bits per heavy atom. The zero-order valence-corrected chi connectivity index (χ0v) is 8.42. The van der Waals surface area contributed by atoms with Gasteiger partial charge in [-0.15, -0.1) is 19.3 Å². The first-order valence-corrected chi connectivity index (χ1v) is 5.66. The van der Waals surface area contributed by atoms with Crippen molar-refractivity contribution in [3.63, 3.8) is 0 Å². The lowest BCUT2D eigenvalue weighted by Gasteiger charge is -2.18. The van der Waals surface area contributed by atoms with Crippen LogP contribution in [0, 0.1) is 35.9 Å². The molecule has 2 heteroatoms. The molecule has 0 aromatic rings. The van der Waals surface area contributed by atoms with Gasteiger partial charge in [-0.25, -0.2) is 0 Å². The first-order valence-electron chi connectivity index (χ1n) is 3.75. The minimum absolute atomic E-state index is 0.0415. The van der Waals surface area contributed by atoms with Gasteiger partial charge in [0, 0.05) is 6.10 Å². The molecule has 1 atom stereocenters. The Kier molecular flexibility index (Phi) is 4.23. The van der Waals surface area contributed by atoms with E-state index in [-0.39, 0.29) is 6.10 Å². The van der Waals surface area contributed by atoms with Crippen LogP contribution in [-0.2, 0) is 4.43 Å². The molecular formula is C10H12OSi. The van der Waals surface area contributed by atoms with Gasteiger partial charge in [0.2, 0.25) is 0 Å². The van der Waals surface area contributed by atoms with E-state index in [4.69, 9.17) is 23.7 Å². The minimum Gasteiger partial charge on any atom is -0.385 e. The van der Waals surface area contributed by atoms with Crippen LogP contribution in [0.1, 0.15) is 20.3 Å². The van der Waals surface area contributed by atoms with E-state index in [9.17, 15) is 0 Å². The van der Waals surface area contributed by atoms with Crippen LogP contribution in [0.4, 0.5) is 0 Å². The second-order valence-corrected chi connectivity index (χ2v) is 4.92. The summed E-state index contributed by atoms with van der Waals surface area (Å²) in [6.45, 7) is 3.90. The molecule has 62 valence electrons. The van der Waals surface area contributed by atoms with Crippen molar-refractivity contribution >= 4 is 8.32 Å². The van der Waals surface area contributed by atoms with E-state index in [2.05, 4.69) is 16.6 Å². The van der Waals surface area contributed by atoms with Gasteiger partial charge in [0.15, 0.2) is 0 Å². The molecule has 0 aliphatic heterocycles. The minimum atomic E-state index is -2.72. The molecule has 0 aromatic carbocycles. The van der Waals surface area contributed by atoms with Gasteiger partial charge < -0.3 is 4.43 Å². The van der Waals surface area contributed by atoms with E-state index in [1.54, 1.807) is 0 Å². The third-order valence-corrected chi connectivity index (χ3v) is 3.54. The lowest BCUT2D eigenvalue weighted by atomic mass is 10.3. The van der Waals surface area contributed by atoms with Gasteiger partial charge in [-0.05, 0) is 13.3 Å². The zero-order chi connectivity index (χ0) is 9.61. The van der Waals surface area contributed by atoms with Crippen LogP contribution in [0.5, 0.6) is 0 Å². The lowest BCUT2D eigenvalue weighted by molar-refractivity contribution is 0.220. The third-order valence-electron chi connectivity index (χ3n) is 1.56. The largest absolute Gasteiger partial charge is 0.436 e. The Hall–Kier alpha value is -1.14. The molecule has 0 saturated heterocycles. The predicted molar refractivity (Wildman–Crippen MR) is 53.1 cm³/mol. The number of hydrogen-bond donors (Lipinski definition) is 0. The standard InChI is InChI=1S/C10H12OSi/c1-6-10(5)11-12(7-2,8-3)9-4/h2-4,10H,6H2,1,5H3. The predicted octanol–water partition coefficient (Wildman–Crippen LogP) is 1.26. The van der Waals surface area contributed by atoms with E-state index in [1.165, 1.54) is 0 Å². The maximum Gasteiger partial charge on any atom is 0.436 e. The van der Waals surface area contributed by atoms with Gasteiger partial charge >= 0.3 is 8.32 Å². The van der Waals surface area contributed by atoms with Gasteiger partial charge in [-0.3, -0.25) is 0 Å². The second-order valence-electron chi connectivity index (χ2n) is 2.45. The van der Waals surface area contributed by atoms with E-state index in [0.717, 1.165) is 6.42 Å². The molecule has 0 N–H and O–H groups in total. The van der Waals surface area contributed by atoms with Crippen LogP contribution in [0.25, 0.3) is 0 Å². The van der Waals surface area contributed by atoms with Gasteiger partial charge in [0.25, 0.3) is 0 Å². The molecule has 1 unspecified atom stereocenters. The summed E-state index contributed by atoms with van der Waals surface area (Å²) in [6, 6.07) is 0. The zero-order valence-electron chi connectivity index (χ0n) is 7.42. The number of hydrogen-bond acceptors (Lipinski definition) is 1. The Labute approximate surface area is 75.6 Å². The molecule has 0 spiro atoms. The van der Waals surface area contributed by atoms with Crippen molar-refractivity contribution in [3.05, 3.63) is 0 Å². The highest BCUT2D eigenvalue weighted by molar-refractivity contribution is 6.95. The van der Waals surface area contributed by atoms with Crippen LogP contribution in [0.15, 0.2) is 0 Å². The second kappa shape index (κ2) is 4.68. The summed E-state index contributed by atoms with van der Waals surface area (Å²) < 4.78 is 5.47. The maximum atomic E-state index is 5.47. The fraction of sp³-hybridized carbons (Fsp3) is 0.400. The Morgan fingerprint density at radius 2 is 1.67 bits per heavy atom. The summed E-state index contributed by atoms with van der Waals surface area (Å²) in [7, 11) is -2.72. The summed E-state index contributed by atoms with van der Waals surface area (Å²) in [4.78, 5) is 0. The third kappa shape index (κ3) is 2.48. The molecule has 1 nitrogen and oxygen atoms in total. The van der Waals surface area contributed by atoms with Crippen LogP contribution in [0.3, 0.4) is 0 Å². The average molecular weight is 176 g/mol. The molecule has 0 fully saturated rings. The summed E-state index contributed by atoms with van der Waals surface area (Å²) >= 11 is 0. The van der Waals surface area contributed by atoms with Gasteiger partial charge in [0.05, 0.1) is 0 Å². The molecule has 0 heterocycles. The molecule has 0 radical (unpaired) electrons. The molecule has 0 aliphatic carbocycles. The van der Waals surface area contributed by atoms with Crippen molar-refractivity contribution in [2.45, 2.75) is 26.4 Å². The normalized spacial score (nSPS) is 12.2. The molecular weight excluding hydrogens is 164 g/mol. The van der Waals surface area contributed by atoms with Crippen LogP contribution < -0.4 is 0 Å². The molecule has 0 amide bonds. The van der Waals surface area contributed by atoms with Crippen LogP contribution in [0.2, 0.25) is 0 Å². The highest BCUT2D eigenvalue weighted by Crippen LogP contribution is 2.07. The molecule has 12 heavy (non-hydrogen) atoms. The van der Waals surface area contributed by atoms with Crippen LogP contribution in [-0.4, -0.2) is 14.4 Å². The summed E-state index contributed by atoms with van der Waals surface area (Å²) in [6.07, 6.45) is 16.6. The van der Waals surface area contributed by atoms with Crippen molar-refractivity contribution in [1.82, 2.24) is 0 Å². The molecule has 0 aliphatic rings. The van der Waals surface area contributed by atoms with Gasteiger partial charge in [-0.2, -0.15) is 0 Å². The van der Waals surface area contributed by atoms with Crippen molar-refractivity contribution < 1.29 is 4.43 Å². The Morgan fingerprint density at radius 1 is 1.25 bits per heavy atom. The summed E-state index contributed by atoms with van der Waals surface area (Å²) in [5, 5.41) is 0. The Balaban J connectivity index is 4.51. The molecule has 0 aromatic heterocycles. The fourth-order valence-corrected chi connectivity index (χ4v) is 1.84. The van der Waals surface area contributed by atoms with E-state index in [1.807, 2.05) is 13.8 Å².